The predicted octanol–water partition coefficient (Wildman–Crippen LogP) is 4.39. The number of nitrogens with zero attached hydrogens (tertiary/aromatic N) is 1. The quantitative estimate of drug-likeness (QED) is 0.114. The first-order valence-electron chi connectivity index (χ1n) is 11.5. The van der Waals surface area contributed by atoms with Crippen LogP contribution in [-0.4, -0.2) is 59.8 Å². The van der Waals surface area contributed by atoms with Crippen molar-refractivity contribution in [1.82, 2.24) is 0 Å². The Morgan fingerprint density at radius 3 is 1.51 bits per heavy atom. The van der Waals surface area contributed by atoms with Crippen molar-refractivity contribution in [2.75, 3.05) is 26.3 Å². The largest absolute Gasteiger partial charge is 0.460 e. The summed E-state index contributed by atoms with van der Waals surface area (Å²) in [6.45, 7) is 15.7. The predicted molar refractivity (Wildman–Crippen MR) is 141 cm³/mol. The number of esters is 3. The highest BCUT2D eigenvalue weighted by atomic mass is 16.5. The number of aliphatic hydroxyl groups is 1. The summed E-state index contributed by atoms with van der Waals surface area (Å²) in [7, 11) is 0. The summed E-state index contributed by atoms with van der Waals surface area (Å²) < 4.78 is 17.1. The van der Waals surface area contributed by atoms with Crippen molar-refractivity contribution >= 4 is 23.8 Å². The van der Waals surface area contributed by atoms with Gasteiger partial charge < -0.3 is 19.3 Å². The van der Waals surface area contributed by atoms with E-state index >= 15 is 0 Å². The van der Waals surface area contributed by atoms with E-state index in [1.54, 1.807) is 49.6 Å². The number of carbonyl (C=O) groups excluding carboxylic acids is 3. The number of rotatable bonds is 12. The zero-order chi connectivity index (χ0) is 27.5. The summed E-state index contributed by atoms with van der Waals surface area (Å²) in [5.74, 6) is -1.20. The number of carbonyl (C=O) groups is 3. The van der Waals surface area contributed by atoms with Gasteiger partial charge in [0.25, 0.3) is 0 Å². The Balaban J connectivity index is 2.18. The molecule has 2 aromatic rings. The highest BCUT2D eigenvalue weighted by molar-refractivity contribution is 5.90. The molecule has 0 aromatic heterocycles. The third-order valence-corrected chi connectivity index (χ3v) is 5.07. The minimum atomic E-state index is -0.530. The van der Waals surface area contributed by atoms with Crippen molar-refractivity contribution in [2.45, 2.75) is 20.8 Å². The molecule has 8 heteroatoms. The lowest BCUT2D eigenvalue weighted by molar-refractivity contribution is -0.538. The lowest BCUT2D eigenvalue weighted by Crippen LogP contribution is -2.30. The average Bonchev–Trinajstić information content (AvgIpc) is 2.87. The van der Waals surface area contributed by atoms with Crippen molar-refractivity contribution < 1.29 is 38.3 Å². The molecule has 0 fully saturated rings. The lowest BCUT2D eigenvalue weighted by Gasteiger charge is -2.09. The standard InChI is InChI=1S/C29H31NO7/c1-19(2)27(32)35-17-15-30(16-18-36-28(33)20(3)4)26(31)24-9-7-22(8-10-24)23-11-13-25(14-12-23)37-29(34)21(5)6/h7-14H,1,3,5,15-18H2,2,4,6H3/p+1. The molecular weight excluding hydrogens is 474 g/mol. The SMILES string of the molecule is C=C(C)C(=O)OCC[N+](CCOC(=O)C(=C)C)=C(O)c1ccc(-c2ccc(OC(=O)C(=C)C)cc2)cc1. The van der Waals surface area contributed by atoms with Gasteiger partial charge in [-0.2, -0.15) is 4.58 Å². The highest BCUT2D eigenvalue weighted by Gasteiger charge is 2.18. The Hall–Kier alpha value is -4.46. The molecule has 194 valence electrons. The summed E-state index contributed by atoms with van der Waals surface area (Å²) in [5.41, 5.74) is 3.14. The van der Waals surface area contributed by atoms with Gasteiger partial charge in [0, 0.05) is 16.7 Å². The molecule has 37 heavy (non-hydrogen) atoms. The van der Waals surface area contributed by atoms with E-state index in [0.717, 1.165) is 11.1 Å². The fourth-order valence-corrected chi connectivity index (χ4v) is 2.97. The molecule has 0 aliphatic heterocycles. The first-order valence-corrected chi connectivity index (χ1v) is 11.5. The summed E-state index contributed by atoms with van der Waals surface area (Å²) in [6.07, 6.45) is 0. The molecule has 0 aliphatic carbocycles. The molecular formula is C29H32NO7+. The van der Waals surface area contributed by atoms with Crippen LogP contribution in [0.15, 0.2) is 85.0 Å². The van der Waals surface area contributed by atoms with Crippen LogP contribution in [0, 0.1) is 0 Å². The smallest absolute Gasteiger partial charge is 0.367 e. The van der Waals surface area contributed by atoms with Gasteiger partial charge in [-0.3, -0.25) is 0 Å². The van der Waals surface area contributed by atoms with E-state index in [1.165, 1.54) is 0 Å². The summed E-state index contributed by atoms with van der Waals surface area (Å²) in [6, 6.07) is 14.2. The third kappa shape index (κ3) is 8.92. The van der Waals surface area contributed by atoms with Crippen molar-refractivity contribution in [1.29, 1.82) is 0 Å². The van der Waals surface area contributed by atoms with Crippen molar-refractivity contribution in [2.24, 2.45) is 0 Å². The van der Waals surface area contributed by atoms with E-state index in [4.69, 9.17) is 14.2 Å². The van der Waals surface area contributed by atoms with Gasteiger partial charge in [-0.05, 0) is 56.2 Å². The second-order valence-electron chi connectivity index (χ2n) is 8.41. The van der Waals surface area contributed by atoms with E-state index in [2.05, 4.69) is 19.7 Å². The van der Waals surface area contributed by atoms with Crippen LogP contribution in [0.1, 0.15) is 26.3 Å². The molecule has 2 rings (SSSR count). The number of hydrogen-bond donors (Lipinski definition) is 1. The van der Waals surface area contributed by atoms with Gasteiger partial charge in [0.2, 0.25) is 0 Å². The number of hydrogen-bond acceptors (Lipinski definition) is 6. The van der Waals surface area contributed by atoms with Gasteiger partial charge in [-0.15, -0.1) is 0 Å². The van der Waals surface area contributed by atoms with Crippen LogP contribution in [0.2, 0.25) is 0 Å². The normalized spacial score (nSPS) is 10.1. The Morgan fingerprint density at radius 2 is 1.11 bits per heavy atom. The van der Waals surface area contributed by atoms with E-state index in [9.17, 15) is 19.5 Å². The van der Waals surface area contributed by atoms with Gasteiger partial charge in [-0.25, -0.2) is 14.4 Å². The Kier molecular flexibility index (Phi) is 10.6. The van der Waals surface area contributed by atoms with Gasteiger partial charge in [0.15, 0.2) is 26.3 Å². The van der Waals surface area contributed by atoms with Crippen LogP contribution in [-0.2, 0) is 23.9 Å². The highest BCUT2D eigenvalue weighted by Crippen LogP contribution is 2.23. The van der Waals surface area contributed by atoms with Crippen LogP contribution >= 0.6 is 0 Å². The summed E-state index contributed by atoms with van der Waals surface area (Å²) >= 11 is 0. The Labute approximate surface area is 216 Å². The molecule has 1 N–H and O–H groups in total. The maximum atomic E-state index is 11.7. The van der Waals surface area contributed by atoms with Crippen LogP contribution in [0.5, 0.6) is 5.75 Å². The molecule has 2 aromatic carbocycles. The third-order valence-electron chi connectivity index (χ3n) is 5.07. The van der Waals surface area contributed by atoms with E-state index in [1.807, 2.05) is 24.3 Å². The van der Waals surface area contributed by atoms with Crippen LogP contribution < -0.4 is 4.74 Å². The first-order chi connectivity index (χ1) is 17.5. The first kappa shape index (κ1) is 28.8. The number of benzene rings is 2. The van der Waals surface area contributed by atoms with Gasteiger partial charge in [-0.1, -0.05) is 44.0 Å². The summed E-state index contributed by atoms with van der Waals surface area (Å²) in [5, 5.41) is 10.9. The van der Waals surface area contributed by atoms with E-state index in [-0.39, 0.29) is 43.3 Å². The maximum absolute atomic E-state index is 11.7. The molecule has 0 saturated carbocycles. The minimum absolute atomic E-state index is 0.00453. The molecule has 0 bridgehead atoms. The zero-order valence-electron chi connectivity index (χ0n) is 21.4. The molecule has 8 nitrogen and oxygen atoms in total. The maximum Gasteiger partial charge on any atom is 0.367 e. The number of aliphatic hydroxyl groups excluding tert-OH is 1. The van der Waals surface area contributed by atoms with Gasteiger partial charge in [0.1, 0.15) is 5.75 Å². The molecule has 0 heterocycles. The van der Waals surface area contributed by atoms with Crippen molar-refractivity contribution in [3.8, 4) is 16.9 Å². The Morgan fingerprint density at radius 1 is 0.703 bits per heavy atom. The van der Waals surface area contributed by atoms with E-state index in [0.29, 0.717) is 16.9 Å². The monoisotopic (exact) mass is 506 g/mol. The van der Waals surface area contributed by atoms with E-state index < -0.39 is 17.9 Å². The second kappa shape index (κ2) is 13.6. The zero-order valence-corrected chi connectivity index (χ0v) is 21.4. The number of ether oxygens (including phenoxy) is 3. The molecule has 0 saturated heterocycles. The topological polar surface area (TPSA) is 102 Å². The van der Waals surface area contributed by atoms with Crippen LogP contribution in [0.4, 0.5) is 0 Å². The molecule has 0 aliphatic rings. The van der Waals surface area contributed by atoms with Gasteiger partial charge in [0.05, 0.1) is 5.56 Å². The second-order valence-corrected chi connectivity index (χ2v) is 8.41. The van der Waals surface area contributed by atoms with Crippen molar-refractivity contribution in [3.63, 3.8) is 0 Å². The molecule has 0 radical (unpaired) electrons. The average molecular weight is 507 g/mol. The van der Waals surface area contributed by atoms with Crippen molar-refractivity contribution in [3.05, 3.63) is 90.6 Å². The fourth-order valence-electron chi connectivity index (χ4n) is 2.97. The lowest BCUT2D eigenvalue weighted by atomic mass is 10.0. The van der Waals surface area contributed by atoms with Crippen LogP contribution in [0.3, 0.4) is 0 Å². The molecule has 0 spiro atoms. The Bertz CT molecular complexity index is 1190. The molecule has 0 atom stereocenters. The molecule has 0 amide bonds. The molecule has 0 unspecified atom stereocenters. The minimum Gasteiger partial charge on any atom is -0.460 e. The van der Waals surface area contributed by atoms with Crippen LogP contribution in [0.25, 0.3) is 11.1 Å². The van der Waals surface area contributed by atoms with Gasteiger partial charge >= 0.3 is 23.8 Å². The fraction of sp³-hybridized carbons (Fsp3) is 0.241. The summed E-state index contributed by atoms with van der Waals surface area (Å²) in [4.78, 5) is 35.1.